The van der Waals surface area contributed by atoms with Gasteiger partial charge >= 0.3 is 0 Å². The van der Waals surface area contributed by atoms with Gasteiger partial charge in [-0.15, -0.1) is 11.3 Å². The van der Waals surface area contributed by atoms with Crippen LogP contribution in [-0.2, 0) is 0 Å². The van der Waals surface area contributed by atoms with Crippen LogP contribution in [-0.4, -0.2) is 0 Å². The third kappa shape index (κ3) is 3.01. The van der Waals surface area contributed by atoms with E-state index in [0.717, 1.165) is 33.3 Å². The summed E-state index contributed by atoms with van der Waals surface area (Å²) in [5, 5.41) is 8.60. The number of fused-ring (bicyclic) bond motifs is 6. The van der Waals surface area contributed by atoms with Gasteiger partial charge in [-0.3, -0.25) is 0 Å². The monoisotopic (exact) mass is 441 g/mol. The minimum absolute atomic E-state index is 0.907. The molecule has 1 N–H and O–H groups in total. The van der Waals surface area contributed by atoms with Crippen molar-refractivity contribution in [2.24, 2.45) is 0 Å². The van der Waals surface area contributed by atoms with Crippen molar-refractivity contribution in [3.8, 4) is 11.1 Å². The maximum atomic E-state index is 6.02. The molecule has 7 rings (SSSR count). The molecule has 0 aliphatic rings. The van der Waals surface area contributed by atoms with Gasteiger partial charge in [-0.1, -0.05) is 66.7 Å². The van der Waals surface area contributed by atoms with Gasteiger partial charge < -0.3 is 9.73 Å². The van der Waals surface area contributed by atoms with Gasteiger partial charge in [-0.2, -0.15) is 0 Å². The second-order valence-corrected chi connectivity index (χ2v) is 9.38. The second kappa shape index (κ2) is 7.22. The Morgan fingerprint density at radius 1 is 0.545 bits per heavy atom. The molecule has 156 valence electrons. The quantitative estimate of drug-likeness (QED) is 0.295. The third-order valence-electron chi connectivity index (χ3n) is 6.26. The Balaban J connectivity index is 1.43. The number of nitrogens with one attached hydrogen (secondary N) is 1. The molecule has 0 amide bonds. The Labute approximate surface area is 194 Å². The lowest BCUT2D eigenvalue weighted by Crippen LogP contribution is -1.93. The largest absolute Gasteiger partial charge is 0.456 e. The van der Waals surface area contributed by atoms with Crippen LogP contribution >= 0.6 is 11.3 Å². The maximum Gasteiger partial charge on any atom is 0.135 e. The SMILES string of the molecule is c1ccc(-c2cc3c(cc2Nc2ccc4oc5ccccc5c4c2)sc2ccccc23)cc1. The Morgan fingerprint density at radius 3 is 2.21 bits per heavy atom. The van der Waals surface area contributed by atoms with Gasteiger partial charge in [0.25, 0.3) is 0 Å². The number of benzene rings is 5. The van der Waals surface area contributed by atoms with Crippen LogP contribution in [0.15, 0.2) is 114 Å². The molecule has 2 aromatic heterocycles. The Morgan fingerprint density at radius 2 is 1.30 bits per heavy atom. The number of hydrogen-bond donors (Lipinski definition) is 1. The van der Waals surface area contributed by atoms with Gasteiger partial charge in [-0.05, 0) is 48.0 Å². The molecule has 7 aromatic rings. The smallest absolute Gasteiger partial charge is 0.135 e. The van der Waals surface area contributed by atoms with E-state index < -0.39 is 0 Å². The molecule has 0 aliphatic heterocycles. The van der Waals surface area contributed by atoms with Crippen LogP contribution in [0.1, 0.15) is 0 Å². The highest BCUT2D eigenvalue weighted by Crippen LogP contribution is 2.41. The van der Waals surface area contributed by atoms with Crippen molar-refractivity contribution in [3.63, 3.8) is 0 Å². The lowest BCUT2D eigenvalue weighted by atomic mass is 10.0. The zero-order valence-corrected chi connectivity index (χ0v) is 18.5. The average molecular weight is 442 g/mol. The van der Waals surface area contributed by atoms with Crippen LogP contribution in [0, 0.1) is 0 Å². The molecule has 0 saturated heterocycles. The number of para-hydroxylation sites is 1. The highest BCUT2D eigenvalue weighted by Gasteiger charge is 2.13. The summed E-state index contributed by atoms with van der Waals surface area (Å²) in [6.45, 7) is 0. The van der Waals surface area contributed by atoms with Gasteiger partial charge in [0.2, 0.25) is 0 Å². The molecule has 0 saturated carbocycles. The molecule has 0 unspecified atom stereocenters. The molecule has 0 aliphatic carbocycles. The van der Waals surface area contributed by atoms with E-state index in [9.17, 15) is 0 Å². The highest BCUT2D eigenvalue weighted by molar-refractivity contribution is 7.25. The van der Waals surface area contributed by atoms with E-state index >= 15 is 0 Å². The lowest BCUT2D eigenvalue weighted by Gasteiger charge is -2.13. The second-order valence-electron chi connectivity index (χ2n) is 8.29. The minimum atomic E-state index is 0.907. The van der Waals surface area contributed by atoms with Gasteiger partial charge in [-0.25, -0.2) is 0 Å². The summed E-state index contributed by atoms with van der Waals surface area (Å²) in [6.07, 6.45) is 0. The van der Waals surface area contributed by atoms with Crippen LogP contribution in [0.4, 0.5) is 11.4 Å². The molecule has 5 aromatic carbocycles. The van der Waals surface area contributed by atoms with Crippen molar-refractivity contribution in [2.45, 2.75) is 0 Å². The maximum absolute atomic E-state index is 6.02. The standard InChI is InChI=1S/C30H19NOS/c1-2-8-19(9-3-1)23-17-25-22-11-5-7-13-29(22)33-30(25)18-26(23)31-20-14-15-28-24(16-20)21-10-4-6-12-27(21)32-28/h1-18,31H. The first-order valence-electron chi connectivity index (χ1n) is 11.0. The van der Waals surface area contributed by atoms with Crippen molar-refractivity contribution in [1.82, 2.24) is 0 Å². The summed E-state index contributed by atoms with van der Waals surface area (Å²) < 4.78 is 8.62. The van der Waals surface area contributed by atoms with E-state index in [0.29, 0.717) is 0 Å². The number of thiophene rings is 1. The summed E-state index contributed by atoms with van der Waals surface area (Å²) >= 11 is 1.84. The molecule has 3 heteroatoms. The number of anilines is 2. The summed E-state index contributed by atoms with van der Waals surface area (Å²) in [5.74, 6) is 0. The van der Waals surface area contributed by atoms with Crippen LogP contribution in [0.5, 0.6) is 0 Å². The predicted molar refractivity (Wildman–Crippen MR) is 142 cm³/mol. The summed E-state index contributed by atoms with van der Waals surface area (Å²) in [6, 6.07) is 38.4. The van der Waals surface area contributed by atoms with E-state index in [1.54, 1.807) is 0 Å². The van der Waals surface area contributed by atoms with Crippen molar-refractivity contribution in [1.29, 1.82) is 0 Å². The van der Waals surface area contributed by atoms with E-state index in [2.05, 4.69) is 102 Å². The fourth-order valence-corrected chi connectivity index (χ4v) is 5.82. The van der Waals surface area contributed by atoms with Gasteiger partial charge in [0.1, 0.15) is 11.2 Å². The number of hydrogen-bond acceptors (Lipinski definition) is 3. The zero-order chi connectivity index (χ0) is 21.8. The molecule has 0 fully saturated rings. The van der Waals surface area contributed by atoms with Crippen molar-refractivity contribution in [2.75, 3.05) is 5.32 Å². The van der Waals surface area contributed by atoms with Crippen molar-refractivity contribution < 1.29 is 4.42 Å². The fourth-order valence-electron chi connectivity index (χ4n) is 4.69. The number of furan rings is 1. The Kier molecular flexibility index (Phi) is 4.05. The molecule has 0 radical (unpaired) electrons. The first-order valence-corrected chi connectivity index (χ1v) is 11.8. The fraction of sp³-hybridized carbons (Fsp3) is 0. The molecule has 33 heavy (non-hydrogen) atoms. The molecule has 2 heterocycles. The van der Waals surface area contributed by atoms with Gasteiger partial charge in [0.15, 0.2) is 0 Å². The van der Waals surface area contributed by atoms with E-state index in [1.807, 2.05) is 23.5 Å². The summed E-state index contributed by atoms with van der Waals surface area (Å²) in [4.78, 5) is 0. The van der Waals surface area contributed by atoms with Crippen molar-refractivity contribution in [3.05, 3.63) is 109 Å². The normalized spacial score (nSPS) is 11.6. The number of rotatable bonds is 3. The lowest BCUT2D eigenvalue weighted by molar-refractivity contribution is 0.669. The first kappa shape index (κ1) is 18.5. The van der Waals surface area contributed by atoms with E-state index in [-0.39, 0.29) is 0 Å². The third-order valence-corrected chi connectivity index (χ3v) is 7.39. The van der Waals surface area contributed by atoms with Crippen LogP contribution in [0.25, 0.3) is 53.2 Å². The minimum Gasteiger partial charge on any atom is -0.456 e. The average Bonchev–Trinajstić information content (AvgIpc) is 3.41. The molecule has 0 bridgehead atoms. The molecular formula is C30H19NOS. The van der Waals surface area contributed by atoms with Crippen LogP contribution in [0.3, 0.4) is 0 Å². The topological polar surface area (TPSA) is 25.2 Å². The van der Waals surface area contributed by atoms with Crippen LogP contribution in [0.2, 0.25) is 0 Å². The highest BCUT2D eigenvalue weighted by atomic mass is 32.1. The Bertz CT molecular complexity index is 1790. The van der Waals surface area contributed by atoms with Crippen LogP contribution < -0.4 is 5.32 Å². The Hall–Kier alpha value is -4.08. The van der Waals surface area contributed by atoms with Gasteiger partial charge in [0, 0.05) is 47.9 Å². The predicted octanol–water partition coefficient (Wildman–Crippen LogP) is 9.36. The van der Waals surface area contributed by atoms with Crippen molar-refractivity contribution >= 4 is 64.8 Å². The van der Waals surface area contributed by atoms with E-state index in [1.165, 1.54) is 31.3 Å². The molecular weight excluding hydrogens is 422 g/mol. The summed E-state index contributed by atoms with van der Waals surface area (Å²) in [5.41, 5.74) is 6.38. The first-order chi connectivity index (χ1) is 16.3. The zero-order valence-electron chi connectivity index (χ0n) is 17.7. The van der Waals surface area contributed by atoms with E-state index in [4.69, 9.17) is 4.42 Å². The molecule has 2 nitrogen and oxygen atoms in total. The molecule has 0 atom stereocenters. The summed E-state index contributed by atoms with van der Waals surface area (Å²) in [7, 11) is 0. The van der Waals surface area contributed by atoms with Gasteiger partial charge in [0.05, 0.1) is 0 Å². The molecule has 0 spiro atoms.